The summed E-state index contributed by atoms with van der Waals surface area (Å²) in [5, 5.41) is 19.1. The lowest BCUT2D eigenvalue weighted by Crippen LogP contribution is -2.28. The maximum atomic E-state index is 12.3. The summed E-state index contributed by atoms with van der Waals surface area (Å²) in [5.41, 5.74) is 3.42. The molecular weight excluding hydrogens is 444 g/mol. The minimum Gasteiger partial charge on any atom is -0.369 e. The molecular formula is C26H30N6O3. The van der Waals surface area contributed by atoms with Gasteiger partial charge in [-0.2, -0.15) is 4.98 Å². The van der Waals surface area contributed by atoms with E-state index >= 15 is 0 Å². The summed E-state index contributed by atoms with van der Waals surface area (Å²) in [7, 11) is 0. The summed E-state index contributed by atoms with van der Waals surface area (Å²) in [4.78, 5) is 34.9. The quantitative estimate of drug-likeness (QED) is 0.358. The van der Waals surface area contributed by atoms with Crippen LogP contribution in [0.4, 0.5) is 17.5 Å². The molecule has 1 saturated heterocycles. The predicted octanol–water partition coefficient (Wildman–Crippen LogP) is 4.75. The number of aryl methyl sites for hydroxylation is 2. The Morgan fingerprint density at radius 2 is 1.97 bits per heavy atom. The lowest BCUT2D eigenvalue weighted by Gasteiger charge is -2.18. The first-order valence-electron chi connectivity index (χ1n) is 12.1. The molecule has 9 heteroatoms. The van der Waals surface area contributed by atoms with Crippen molar-refractivity contribution in [3.63, 3.8) is 0 Å². The molecule has 2 heterocycles. The van der Waals surface area contributed by atoms with Gasteiger partial charge in [-0.3, -0.25) is 14.9 Å². The third kappa shape index (κ3) is 4.89. The van der Waals surface area contributed by atoms with Crippen molar-refractivity contribution in [1.29, 1.82) is 0 Å². The molecule has 2 aromatic carbocycles. The van der Waals surface area contributed by atoms with E-state index < -0.39 is 0 Å². The van der Waals surface area contributed by atoms with Crippen LogP contribution in [0, 0.1) is 29.9 Å². The number of anilines is 2. The Bertz CT molecular complexity index is 1310. The van der Waals surface area contributed by atoms with Crippen LogP contribution < -0.4 is 10.6 Å². The molecule has 182 valence electrons. The second-order valence-corrected chi connectivity index (χ2v) is 9.81. The van der Waals surface area contributed by atoms with Gasteiger partial charge in [-0.05, 0) is 56.9 Å². The first-order chi connectivity index (χ1) is 16.8. The minimum absolute atomic E-state index is 0.0971. The monoisotopic (exact) mass is 474 g/mol. The van der Waals surface area contributed by atoms with E-state index in [0.717, 1.165) is 47.2 Å². The summed E-state index contributed by atoms with van der Waals surface area (Å²) in [6.45, 7) is 7.14. The zero-order chi connectivity index (χ0) is 24.7. The number of aromatic nitrogens is 2. The van der Waals surface area contributed by atoms with Crippen molar-refractivity contribution >= 4 is 34.3 Å². The van der Waals surface area contributed by atoms with Crippen molar-refractivity contribution in [3.05, 3.63) is 63.2 Å². The molecule has 1 amide bonds. The van der Waals surface area contributed by atoms with E-state index in [1.807, 2.05) is 43.0 Å². The first-order valence-corrected chi connectivity index (χ1v) is 12.1. The number of rotatable bonds is 8. The zero-order valence-corrected chi connectivity index (χ0v) is 20.2. The number of nitro benzene ring substituents is 1. The Hall–Kier alpha value is -3.75. The number of likely N-dealkylation sites (tertiary alicyclic amines) is 1. The fourth-order valence-corrected chi connectivity index (χ4v) is 4.73. The second kappa shape index (κ2) is 9.13. The Balaban J connectivity index is 1.37. The van der Waals surface area contributed by atoms with Crippen LogP contribution in [0.3, 0.4) is 0 Å². The average molecular weight is 475 g/mol. The summed E-state index contributed by atoms with van der Waals surface area (Å²) in [6.07, 6.45) is 2.82. The molecule has 2 N–H and O–H groups in total. The van der Waals surface area contributed by atoms with Crippen molar-refractivity contribution in [2.45, 2.75) is 52.1 Å². The van der Waals surface area contributed by atoms with Gasteiger partial charge in [0, 0.05) is 48.5 Å². The van der Waals surface area contributed by atoms with Gasteiger partial charge >= 0.3 is 0 Å². The fraction of sp³-hybridized carbons (Fsp3) is 0.423. The normalized spacial score (nSPS) is 18.7. The van der Waals surface area contributed by atoms with Crippen LogP contribution in [-0.4, -0.2) is 44.8 Å². The van der Waals surface area contributed by atoms with E-state index in [0.29, 0.717) is 30.5 Å². The van der Waals surface area contributed by atoms with Gasteiger partial charge in [0.25, 0.3) is 5.69 Å². The van der Waals surface area contributed by atoms with Crippen molar-refractivity contribution in [2.24, 2.45) is 5.92 Å². The molecule has 9 nitrogen and oxygen atoms in total. The zero-order valence-electron chi connectivity index (χ0n) is 20.2. The number of carbonyl (C=O) groups excluding carboxylic acids is 1. The molecule has 1 aliphatic carbocycles. The van der Waals surface area contributed by atoms with Gasteiger partial charge in [-0.15, -0.1) is 0 Å². The predicted molar refractivity (Wildman–Crippen MR) is 135 cm³/mol. The van der Waals surface area contributed by atoms with E-state index in [4.69, 9.17) is 9.97 Å². The van der Waals surface area contributed by atoms with E-state index in [2.05, 4.69) is 10.6 Å². The number of nitro groups is 1. The molecule has 5 rings (SSSR count). The molecule has 0 spiro atoms. The number of carbonyl (C=O) groups is 1. The number of benzene rings is 2. The van der Waals surface area contributed by atoms with Gasteiger partial charge in [0.1, 0.15) is 5.82 Å². The van der Waals surface area contributed by atoms with Crippen molar-refractivity contribution in [3.8, 4) is 0 Å². The van der Waals surface area contributed by atoms with Gasteiger partial charge < -0.3 is 15.5 Å². The van der Waals surface area contributed by atoms with Crippen molar-refractivity contribution < 1.29 is 9.72 Å². The van der Waals surface area contributed by atoms with Crippen LogP contribution in [0.1, 0.15) is 48.9 Å². The summed E-state index contributed by atoms with van der Waals surface area (Å²) >= 11 is 0. The van der Waals surface area contributed by atoms with Crippen molar-refractivity contribution in [1.82, 2.24) is 14.9 Å². The van der Waals surface area contributed by atoms with Gasteiger partial charge in [0.2, 0.25) is 11.9 Å². The van der Waals surface area contributed by atoms with Crippen LogP contribution in [0.5, 0.6) is 0 Å². The molecule has 0 bridgehead atoms. The minimum atomic E-state index is -0.360. The largest absolute Gasteiger partial charge is 0.369 e. The van der Waals surface area contributed by atoms with E-state index in [-0.39, 0.29) is 28.5 Å². The molecule has 1 unspecified atom stereocenters. The fourth-order valence-electron chi connectivity index (χ4n) is 4.73. The highest BCUT2D eigenvalue weighted by Crippen LogP contribution is 2.33. The van der Waals surface area contributed by atoms with Crippen molar-refractivity contribution in [2.75, 3.05) is 23.7 Å². The summed E-state index contributed by atoms with van der Waals surface area (Å²) in [5.74, 6) is 1.67. The van der Waals surface area contributed by atoms with E-state index in [9.17, 15) is 14.9 Å². The van der Waals surface area contributed by atoms with E-state index in [1.54, 1.807) is 19.1 Å². The second-order valence-electron chi connectivity index (χ2n) is 9.81. The first kappa shape index (κ1) is 23.0. The summed E-state index contributed by atoms with van der Waals surface area (Å²) in [6, 6.07) is 11.5. The average Bonchev–Trinajstić information content (AvgIpc) is 3.59. The van der Waals surface area contributed by atoms with Gasteiger partial charge in [-0.25, -0.2) is 4.98 Å². The Kier molecular flexibility index (Phi) is 6.00. The number of fused-ring (bicyclic) bond motifs is 1. The molecule has 2 aliphatic rings. The maximum absolute atomic E-state index is 12.3. The highest BCUT2D eigenvalue weighted by atomic mass is 16.6. The van der Waals surface area contributed by atoms with E-state index in [1.165, 1.54) is 0 Å². The topological polar surface area (TPSA) is 113 Å². The Morgan fingerprint density at radius 1 is 1.17 bits per heavy atom. The number of nitrogens with one attached hydrogen (secondary N) is 2. The Morgan fingerprint density at radius 3 is 2.71 bits per heavy atom. The van der Waals surface area contributed by atoms with Crippen LogP contribution in [0.25, 0.3) is 10.9 Å². The van der Waals surface area contributed by atoms with Crippen LogP contribution in [-0.2, 0) is 4.79 Å². The summed E-state index contributed by atoms with van der Waals surface area (Å²) < 4.78 is 0. The molecule has 2 fully saturated rings. The molecule has 2 atom stereocenters. The van der Waals surface area contributed by atoms with Gasteiger partial charge in [0.15, 0.2) is 0 Å². The van der Waals surface area contributed by atoms with Crippen LogP contribution >= 0.6 is 0 Å². The highest BCUT2D eigenvalue weighted by Gasteiger charge is 2.39. The molecule has 0 radical (unpaired) electrons. The van der Waals surface area contributed by atoms with Crippen LogP contribution in [0.15, 0.2) is 36.4 Å². The third-order valence-electron chi connectivity index (χ3n) is 6.91. The molecule has 1 aromatic heterocycles. The van der Waals surface area contributed by atoms with Crippen LogP contribution in [0.2, 0.25) is 0 Å². The third-order valence-corrected chi connectivity index (χ3v) is 6.91. The SMILES string of the molecule is Cc1ccc2c(NCC3CC(=O)N(C4CC4)C3)nc(N[C@H](C)c3ccc(C)c([N+](=O)[O-])c3)nc2c1. The smallest absolute Gasteiger partial charge is 0.272 e. The molecule has 35 heavy (non-hydrogen) atoms. The number of nitrogens with zero attached hydrogens (tertiary/aromatic N) is 4. The number of amides is 1. The molecule has 1 aliphatic heterocycles. The number of hydrogen-bond acceptors (Lipinski definition) is 7. The Labute approximate surface area is 204 Å². The molecule has 1 saturated carbocycles. The standard InChI is InChI=1S/C26H30N6O3/c1-15-4-9-21-22(10-15)29-26(28-17(3)19-6-5-16(2)23(12-19)32(34)35)30-25(21)27-13-18-11-24(33)31(14-18)20-7-8-20/h4-6,9-10,12,17-18,20H,7-8,11,13-14H2,1-3H3,(H2,27,28,29,30)/t17-,18?/m1/s1. The maximum Gasteiger partial charge on any atom is 0.272 e. The highest BCUT2D eigenvalue weighted by molar-refractivity contribution is 5.90. The molecule has 3 aromatic rings. The number of hydrogen-bond donors (Lipinski definition) is 2. The lowest BCUT2D eigenvalue weighted by atomic mass is 10.0. The lowest BCUT2D eigenvalue weighted by molar-refractivity contribution is -0.385. The van der Waals surface area contributed by atoms with Gasteiger partial charge in [0.05, 0.1) is 16.5 Å². The van der Waals surface area contributed by atoms with Gasteiger partial charge in [-0.1, -0.05) is 18.2 Å².